The van der Waals surface area contributed by atoms with Crippen molar-refractivity contribution in [2.75, 3.05) is 45.9 Å². The Hall–Kier alpha value is -1.26. The zero-order valence-electron chi connectivity index (χ0n) is 11.4. The minimum absolute atomic E-state index is 0.764. The number of hydrogen-bond acceptors (Lipinski definition) is 4. The van der Waals surface area contributed by atoms with Gasteiger partial charge in [0.2, 0.25) is 0 Å². The van der Waals surface area contributed by atoms with Gasteiger partial charge in [0.05, 0.1) is 6.61 Å². The molecule has 1 N–H and O–H groups in total. The van der Waals surface area contributed by atoms with E-state index in [9.17, 15) is 0 Å². The van der Waals surface area contributed by atoms with E-state index in [1.54, 1.807) is 0 Å². The molecule has 19 heavy (non-hydrogen) atoms. The number of nitrogens with one attached hydrogen (secondary N) is 1. The maximum Gasteiger partial charge on any atom is 0.122 e. The van der Waals surface area contributed by atoms with Crippen LogP contribution in [0.2, 0.25) is 0 Å². The van der Waals surface area contributed by atoms with Gasteiger partial charge in [-0.05, 0) is 36.6 Å². The largest absolute Gasteiger partial charge is 0.493 e. The first-order chi connectivity index (χ1) is 9.42. The highest BCUT2D eigenvalue weighted by Crippen LogP contribution is 2.28. The third-order valence-corrected chi connectivity index (χ3v) is 3.77. The molecule has 2 aliphatic heterocycles. The fraction of sp³-hybridized carbons (Fsp3) is 0.600. The van der Waals surface area contributed by atoms with Crippen LogP contribution in [-0.2, 0) is 6.42 Å². The number of benzene rings is 1. The van der Waals surface area contributed by atoms with Crippen molar-refractivity contribution in [2.45, 2.75) is 12.8 Å². The molecule has 4 heteroatoms. The maximum absolute atomic E-state index is 5.86. The lowest BCUT2D eigenvalue weighted by Gasteiger charge is -2.27. The molecule has 2 heterocycles. The van der Waals surface area contributed by atoms with Crippen LogP contribution in [0.15, 0.2) is 18.2 Å². The van der Waals surface area contributed by atoms with Crippen LogP contribution in [0.5, 0.6) is 11.5 Å². The molecule has 0 radical (unpaired) electrons. The highest BCUT2D eigenvalue weighted by Gasteiger charge is 2.12. The Bertz CT molecular complexity index is 417. The van der Waals surface area contributed by atoms with E-state index < -0.39 is 0 Å². The van der Waals surface area contributed by atoms with E-state index in [1.165, 1.54) is 5.56 Å². The molecule has 1 fully saturated rings. The minimum Gasteiger partial charge on any atom is -0.493 e. The lowest BCUT2D eigenvalue weighted by molar-refractivity contribution is 0.191. The Morgan fingerprint density at radius 3 is 3.05 bits per heavy atom. The number of rotatable bonds is 4. The van der Waals surface area contributed by atoms with E-state index in [1.807, 2.05) is 12.1 Å². The molecular weight excluding hydrogens is 240 g/mol. The first-order valence-electron chi connectivity index (χ1n) is 7.23. The number of hydrogen-bond donors (Lipinski definition) is 1. The molecule has 0 aliphatic carbocycles. The molecule has 0 atom stereocenters. The van der Waals surface area contributed by atoms with E-state index in [0.717, 1.165) is 70.3 Å². The molecule has 0 spiro atoms. The molecular formula is C15H22N2O2. The molecule has 1 aromatic rings. The Balaban J connectivity index is 1.49. The van der Waals surface area contributed by atoms with E-state index in [-0.39, 0.29) is 0 Å². The molecule has 1 saturated heterocycles. The van der Waals surface area contributed by atoms with Crippen molar-refractivity contribution in [2.24, 2.45) is 0 Å². The van der Waals surface area contributed by atoms with Crippen molar-refractivity contribution >= 4 is 0 Å². The van der Waals surface area contributed by atoms with Crippen molar-refractivity contribution in [3.05, 3.63) is 23.8 Å². The summed E-state index contributed by atoms with van der Waals surface area (Å²) in [4.78, 5) is 2.44. The van der Waals surface area contributed by atoms with Gasteiger partial charge in [0, 0.05) is 32.7 Å². The fourth-order valence-electron chi connectivity index (χ4n) is 2.65. The first kappa shape index (κ1) is 12.8. The van der Waals surface area contributed by atoms with Crippen LogP contribution in [0.4, 0.5) is 0 Å². The second-order valence-corrected chi connectivity index (χ2v) is 5.16. The van der Waals surface area contributed by atoms with Gasteiger partial charge in [-0.25, -0.2) is 0 Å². The second kappa shape index (κ2) is 6.26. The summed E-state index contributed by atoms with van der Waals surface area (Å²) in [7, 11) is 0. The summed E-state index contributed by atoms with van der Waals surface area (Å²) < 4.78 is 11.5. The van der Waals surface area contributed by atoms with Gasteiger partial charge in [0.25, 0.3) is 0 Å². The Morgan fingerprint density at radius 2 is 2.16 bits per heavy atom. The molecule has 1 aromatic carbocycles. The highest BCUT2D eigenvalue weighted by molar-refractivity contribution is 5.41. The fourth-order valence-corrected chi connectivity index (χ4v) is 2.65. The van der Waals surface area contributed by atoms with Crippen molar-refractivity contribution in [3.8, 4) is 11.5 Å². The Morgan fingerprint density at radius 1 is 1.26 bits per heavy atom. The van der Waals surface area contributed by atoms with Crippen LogP contribution in [0.25, 0.3) is 0 Å². The van der Waals surface area contributed by atoms with Crippen molar-refractivity contribution in [1.82, 2.24) is 10.2 Å². The normalized spacial score (nSPS) is 19.6. The van der Waals surface area contributed by atoms with E-state index >= 15 is 0 Å². The molecule has 4 nitrogen and oxygen atoms in total. The first-order valence-corrected chi connectivity index (χ1v) is 7.23. The summed E-state index contributed by atoms with van der Waals surface area (Å²) in [5, 5.41) is 3.36. The zero-order chi connectivity index (χ0) is 12.9. The third-order valence-electron chi connectivity index (χ3n) is 3.77. The number of nitrogens with zero attached hydrogens (tertiary/aromatic N) is 1. The quantitative estimate of drug-likeness (QED) is 0.887. The van der Waals surface area contributed by atoms with Gasteiger partial charge in [0.15, 0.2) is 0 Å². The number of aryl methyl sites for hydroxylation is 1. The van der Waals surface area contributed by atoms with Gasteiger partial charge in [-0.3, -0.25) is 4.90 Å². The van der Waals surface area contributed by atoms with Gasteiger partial charge in [-0.2, -0.15) is 0 Å². The van der Waals surface area contributed by atoms with Gasteiger partial charge in [-0.15, -0.1) is 0 Å². The molecule has 3 rings (SSSR count). The third kappa shape index (κ3) is 3.39. The predicted molar refractivity (Wildman–Crippen MR) is 75.1 cm³/mol. The maximum atomic E-state index is 5.86. The zero-order valence-corrected chi connectivity index (χ0v) is 11.4. The minimum atomic E-state index is 0.764. The summed E-state index contributed by atoms with van der Waals surface area (Å²) in [6.07, 6.45) is 2.21. The lowest BCUT2D eigenvalue weighted by Crippen LogP contribution is -2.44. The average Bonchev–Trinajstić information content (AvgIpc) is 2.48. The molecule has 0 bridgehead atoms. The average molecular weight is 262 g/mol. The van der Waals surface area contributed by atoms with Crippen LogP contribution in [0.3, 0.4) is 0 Å². The van der Waals surface area contributed by atoms with Crippen molar-refractivity contribution in [3.63, 3.8) is 0 Å². The topological polar surface area (TPSA) is 33.7 Å². The van der Waals surface area contributed by atoms with Crippen LogP contribution in [-0.4, -0.2) is 50.8 Å². The van der Waals surface area contributed by atoms with E-state index in [2.05, 4.69) is 16.3 Å². The highest BCUT2D eigenvalue weighted by atomic mass is 16.5. The summed E-state index contributed by atoms with van der Waals surface area (Å²) >= 11 is 0. The molecule has 2 aliphatic rings. The monoisotopic (exact) mass is 262 g/mol. The van der Waals surface area contributed by atoms with Gasteiger partial charge < -0.3 is 14.8 Å². The molecule has 104 valence electrons. The smallest absolute Gasteiger partial charge is 0.122 e. The molecule has 0 saturated carbocycles. The number of piperazine rings is 1. The van der Waals surface area contributed by atoms with E-state index in [4.69, 9.17) is 9.47 Å². The van der Waals surface area contributed by atoms with Crippen LogP contribution < -0.4 is 14.8 Å². The predicted octanol–water partition coefficient (Wildman–Crippen LogP) is 1.30. The van der Waals surface area contributed by atoms with Crippen molar-refractivity contribution < 1.29 is 9.47 Å². The van der Waals surface area contributed by atoms with Crippen LogP contribution in [0, 0.1) is 0 Å². The van der Waals surface area contributed by atoms with Gasteiger partial charge >= 0.3 is 0 Å². The number of ether oxygens (including phenoxy) is 2. The summed E-state index contributed by atoms with van der Waals surface area (Å²) in [5.74, 6) is 2.00. The summed E-state index contributed by atoms with van der Waals surface area (Å²) in [6, 6.07) is 6.18. The SMILES string of the molecule is c1cc2c(cc1OCCN1CCNCC1)CCCO2. The molecule has 0 unspecified atom stereocenters. The van der Waals surface area contributed by atoms with Crippen LogP contribution >= 0.6 is 0 Å². The Kier molecular flexibility index (Phi) is 4.20. The standard InChI is InChI=1S/C15H22N2O2/c1-2-13-12-14(3-4-15(13)19-10-1)18-11-9-17-7-5-16-6-8-17/h3-4,12,16H,1-2,5-11H2. The van der Waals surface area contributed by atoms with Crippen molar-refractivity contribution in [1.29, 1.82) is 0 Å². The second-order valence-electron chi connectivity index (χ2n) is 5.16. The van der Waals surface area contributed by atoms with E-state index in [0.29, 0.717) is 0 Å². The molecule has 0 aromatic heterocycles. The Labute approximate surface area is 114 Å². The van der Waals surface area contributed by atoms with Gasteiger partial charge in [0.1, 0.15) is 18.1 Å². The lowest BCUT2D eigenvalue weighted by atomic mass is 10.1. The van der Waals surface area contributed by atoms with Gasteiger partial charge in [-0.1, -0.05) is 0 Å². The molecule has 0 amide bonds. The number of fused-ring (bicyclic) bond motifs is 1. The van der Waals surface area contributed by atoms with Crippen LogP contribution in [0.1, 0.15) is 12.0 Å². The summed E-state index contributed by atoms with van der Waals surface area (Å²) in [6.45, 7) is 7.06. The summed E-state index contributed by atoms with van der Waals surface area (Å²) in [5.41, 5.74) is 1.28.